The lowest BCUT2D eigenvalue weighted by Crippen LogP contribution is -2.52. The Balaban J connectivity index is 1.08. The molecule has 0 radical (unpaired) electrons. The summed E-state index contributed by atoms with van der Waals surface area (Å²) in [7, 11) is 0. The molecule has 8 nitrogen and oxygen atoms in total. The number of aromatic nitrogens is 1. The highest BCUT2D eigenvalue weighted by Crippen LogP contribution is 2.31. The average Bonchev–Trinajstić information content (AvgIpc) is 3.42. The minimum Gasteiger partial charge on any atom is -0.489 e. The molecule has 3 amide bonds. The first-order valence-electron chi connectivity index (χ1n) is 12.1. The lowest BCUT2D eigenvalue weighted by Gasteiger charge is -2.29. The summed E-state index contributed by atoms with van der Waals surface area (Å²) in [6, 6.07) is 11.5. The van der Waals surface area contributed by atoms with E-state index in [1.54, 1.807) is 29.3 Å². The van der Waals surface area contributed by atoms with Gasteiger partial charge in [-0.2, -0.15) is 0 Å². The van der Waals surface area contributed by atoms with Gasteiger partial charge in [-0.3, -0.25) is 29.6 Å². The number of likely N-dealkylation sites (tertiary alicyclic amines) is 1. The van der Waals surface area contributed by atoms with Crippen molar-refractivity contribution in [3.8, 4) is 5.75 Å². The number of nitrogens with zero attached hydrogens (tertiary/aromatic N) is 3. The van der Waals surface area contributed by atoms with Crippen LogP contribution in [0.1, 0.15) is 40.9 Å². The second-order valence-electron chi connectivity index (χ2n) is 9.65. The summed E-state index contributed by atoms with van der Waals surface area (Å²) in [5, 5.41) is 4.08. The van der Waals surface area contributed by atoms with Gasteiger partial charge in [-0.25, -0.2) is 4.39 Å². The van der Waals surface area contributed by atoms with Gasteiger partial charge in [0.1, 0.15) is 23.7 Å². The normalized spacial score (nSPS) is 22.2. The van der Waals surface area contributed by atoms with Crippen molar-refractivity contribution in [2.45, 2.75) is 44.5 Å². The van der Waals surface area contributed by atoms with Crippen LogP contribution in [0.2, 0.25) is 0 Å². The van der Waals surface area contributed by atoms with Gasteiger partial charge in [-0.1, -0.05) is 6.07 Å². The molecular formula is C27H25FN4O4. The fourth-order valence-electron chi connectivity index (χ4n) is 5.33. The lowest BCUT2D eigenvalue weighted by atomic mass is 10.0. The van der Waals surface area contributed by atoms with Crippen LogP contribution in [-0.4, -0.2) is 57.7 Å². The minimum absolute atomic E-state index is 0.0148. The third kappa shape index (κ3) is 4.30. The van der Waals surface area contributed by atoms with Gasteiger partial charge in [0.05, 0.1) is 5.69 Å². The lowest BCUT2D eigenvalue weighted by molar-refractivity contribution is -0.136. The molecule has 6 rings (SSSR count). The smallest absolute Gasteiger partial charge is 0.255 e. The molecule has 36 heavy (non-hydrogen) atoms. The van der Waals surface area contributed by atoms with Gasteiger partial charge in [0.25, 0.3) is 5.91 Å². The van der Waals surface area contributed by atoms with E-state index in [9.17, 15) is 18.8 Å². The van der Waals surface area contributed by atoms with Crippen LogP contribution in [0.5, 0.6) is 5.75 Å². The summed E-state index contributed by atoms with van der Waals surface area (Å²) >= 11 is 0. The predicted molar refractivity (Wildman–Crippen MR) is 128 cm³/mol. The Bertz CT molecular complexity index is 1390. The van der Waals surface area contributed by atoms with E-state index in [-0.39, 0.29) is 30.2 Å². The number of ether oxygens (including phenoxy) is 1. The Hall–Kier alpha value is -3.85. The molecule has 2 atom stereocenters. The highest BCUT2D eigenvalue weighted by Gasteiger charge is 2.39. The number of pyridine rings is 1. The van der Waals surface area contributed by atoms with Crippen LogP contribution in [-0.2, 0) is 22.7 Å². The molecule has 2 fully saturated rings. The topological polar surface area (TPSA) is 91.8 Å². The second-order valence-corrected chi connectivity index (χ2v) is 9.65. The van der Waals surface area contributed by atoms with Gasteiger partial charge in [-0.15, -0.1) is 0 Å². The molecule has 1 aromatic heterocycles. The number of benzene rings is 2. The summed E-state index contributed by atoms with van der Waals surface area (Å²) in [6.07, 6.45) is 3.17. The summed E-state index contributed by atoms with van der Waals surface area (Å²) < 4.78 is 19.7. The molecule has 4 heterocycles. The van der Waals surface area contributed by atoms with E-state index in [1.165, 1.54) is 12.1 Å². The van der Waals surface area contributed by atoms with Crippen LogP contribution in [0.15, 0.2) is 48.7 Å². The molecule has 0 saturated carbocycles. The Labute approximate surface area is 207 Å². The van der Waals surface area contributed by atoms with E-state index < -0.39 is 11.9 Å². The molecule has 2 unspecified atom stereocenters. The highest BCUT2D eigenvalue weighted by atomic mass is 19.1. The van der Waals surface area contributed by atoms with Crippen LogP contribution in [0.4, 0.5) is 4.39 Å². The van der Waals surface area contributed by atoms with Crippen LogP contribution < -0.4 is 10.1 Å². The Kier molecular flexibility index (Phi) is 5.64. The van der Waals surface area contributed by atoms with Crippen LogP contribution in [0.3, 0.4) is 0 Å². The number of amides is 3. The van der Waals surface area contributed by atoms with Crippen molar-refractivity contribution in [1.82, 2.24) is 20.1 Å². The number of carbonyl (C=O) groups excluding carboxylic acids is 3. The predicted octanol–water partition coefficient (Wildman–Crippen LogP) is 2.79. The number of fused-ring (bicyclic) bond motifs is 2. The molecule has 1 N–H and O–H groups in total. The number of halogens is 1. The van der Waals surface area contributed by atoms with Crippen molar-refractivity contribution in [2.75, 3.05) is 13.1 Å². The first kappa shape index (κ1) is 22.6. The molecule has 184 valence electrons. The highest BCUT2D eigenvalue weighted by molar-refractivity contribution is 6.05. The molecule has 3 aliphatic heterocycles. The minimum atomic E-state index is -0.627. The van der Waals surface area contributed by atoms with E-state index in [0.29, 0.717) is 30.8 Å². The molecule has 3 aliphatic rings. The van der Waals surface area contributed by atoms with Gasteiger partial charge in [0.15, 0.2) is 0 Å². The fraction of sp³-hybridized carbons (Fsp3) is 0.333. The summed E-state index contributed by atoms with van der Waals surface area (Å²) in [5.74, 6) is -0.472. The summed E-state index contributed by atoms with van der Waals surface area (Å²) in [5.41, 5.74) is 2.33. The largest absolute Gasteiger partial charge is 0.489 e. The van der Waals surface area contributed by atoms with Gasteiger partial charge < -0.3 is 9.64 Å². The summed E-state index contributed by atoms with van der Waals surface area (Å²) in [6.45, 7) is 2.64. The van der Waals surface area contributed by atoms with Crippen molar-refractivity contribution in [3.05, 3.63) is 71.3 Å². The maximum Gasteiger partial charge on any atom is 0.255 e. The third-order valence-corrected chi connectivity index (χ3v) is 7.15. The number of hydrogen-bond acceptors (Lipinski definition) is 6. The maximum absolute atomic E-state index is 13.4. The quantitative estimate of drug-likeness (QED) is 0.556. The first-order chi connectivity index (χ1) is 17.4. The van der Waals surface area contributed by atoms with Crippen LogP contribution >= 0.6 is 0 Å². The van der Waals surface area contributed by atoms with E-state index in [1.807, 2.05) is 12.1 Å². The molecule has 0 spiro atoms. The molecule has 3 aromatic rings. The monoisotopic (exact) mass is 488 g/mol. The van der Waals surface area contributed by atoms with Gasteiger partial charge >= 0.3 is 0 Å². The number of carbonyl (C=O) groups is 3. The van der Waals surface area contributed by atoms with Crippen LogP contribution in [0.25, 0.3) is 10.8 Å². The third-order valence-electron chi connectivity index (χ3n) is 7.15. The molecule has 0 bridgehead atoms. The van der Waals surface area contributed by atoms with Crippen molar-refractivity contribution in [3.63, 3.8) is 0 Å². The van der Waals surface area contributed by atoms with Gasteiger partial charge in [0, 0.05) is 49.7 Å². The van der Waals surface area contributed by atoms with E-state index in [4.69, 9.17) is 4.74 Å². The van der Waals surface area contributed by atoms with E-state index in [2.05, 4.69) is 15.2 Å². The molecule has 9 heteroatoms. The number of imide groups is 1. The Morgan fingerprint density at radius 2 is 1.94 bits per heavy atom. The van der Waals surface area contributed by atoms with Gasteiger partial charge in [0.2, 0.25) is 11.8 Å². The SMILES string of the molecule is O=C1CCC(N2Cc3cc(OC4CCN(Cc5cc6ccc(F)cc6cn5)C4)ccc3C2=O)C(=O)N1. The average molecular weight is 489 g/mol. The summed E-state index contributed by atoms with van der Waals surface area (Å²) in [4.78, 5) is 44.9. The van der Waals surface area contributed by atoms with E-state index in [0.717, 1.165) is 41.5 Å². The first-order valence-corrected chi connectivity index (χ1v) is 12.1. The maximum atomic E-state index is 13.4. The molecule has 2 saturated heterocycles. The second kappa shape index (κ2) is 8.98. The Morgan fingerprint density at radius 3 is 2.81 bits per heavy atom. The number of piperidine rings is 1. The molecule has 0 aliphatic carbocycles. The van der Waals surface area contributed by atoms with Crippen molar-refractivity contribution >= 4 is 28.5 Å². The number of rotatable bonds is 5. The van der Waals surface area contributed by atoms with Crippen molar-refractivity contribution < 1.29 is 23.5 Å². The van der Waals surface area contributed by atoms with Crippen molar-refractivity contribution in [1.29, 1.82) is 0 Å². The standard InChI is InChI=1S/C27H25FN4O4/c28-19-2-1-16-10-20(29-12-17(16)9-19)14-31-8-7-22(15-31)36-21-3-4-23-18(11-21)13-32(27(23)35)24-5-6-25(33)30-26(24)34/h1-4,9-12,22,24H,5-8,13-15H2,(H,30,33,34). The fourth-order valence-corrected chi connectivity index (χ4v) is 5.33. The molecular weight excluding hydrogens is 463 g/mol. The van der Waals surface area contributed by atoms with Gasteiger partial charge in [-0.05, 0) is 60.2 Å². The molecule has 2 aromatic carbocycles. The number of nitrogens with one attached hydrogen (secondary N) is 1. The zero-order valence-corrected chi connectivity index (χ0v) is 19.6. The Morgan fingerprint density at radius 1 is 1.06 bits per heavy atom. The zero-order chi connectivity index (χ0) is 24.8. The van der Waals surface area contributed by atoms with Crippen molar-refractivity contribution in [2.24, 2.45) is 0 Å². The van der Waals surface area contributed by atoms with E-state index >= 15 is 0 Å². The number of hydrogen-bond donors (Lipinski definition) is 1. The zero-order valence-electron chi connectivity index (χ0n) is 19.6. The van der Waals surface area contributed by atoms with Crippen LogP contribution in [0, 0.1) is 5.82 Å².